The molecule has 7 heteroatoms. The third kappa shape index (κ3) is 3.94. The molecule has 1 atom stereocenters. The Kier molecular flexibility index (Phi) is 5.25. The number of hydrogen-bond acceptors (Lipinski definition) is 2. The minimum Gasteiger partial charge on any atom is -0.352 e. The number of carbonyl (C=O) groups is 2. The van der Waals surface area contributed by atoms with E-state index in [0.29, 0.717) is 15.7 Å². The lowest BCUT2D eigenvalue weighted by Crippen LogP contribution is -2.32. The van der Waals surface area contributed by atoms with E-state index >= 15 is 0 Å². The third-order valence-electron chi connectivity index (χ3n) is 4.10. The first-order valence-corrected chi connectivity index (χ1v) is 8.48. The Bertz CT molecular complexity index is 811. The molecular weight excluding hydrogens is 366 g/mol. The summed E-state index contributed by atoms with van der Waals surface area (Å²) < 4.78 is 12.9. The fourth-order valence-corrected chi connectivity index (χ4v) is 3.15. The minimum atomic E-state index is -0.469. The van der Waals surface area contributed by atoms with Crippen molar-refractivity contribution in [3.05, 3.63) is 63.9 Å². The van der Waals surface area contributed by atoms with Crippen molar-refractivity contribution in [3.63, 3.8) is 0 Å². The number of rotatable bonds is 4. The molecule has 1 fully saturated rings. The Balaban J connectivity index is 1.64. The summed E-state index contributed by atoms with van der Waals surface area (Å²) >= 11 is 12.2. The van der Waals surface area contributed by atoms with Gasteiger partial charge in [-0.15, -0.1) is 0 Å². The van der Waals surface area contributed by atoms with Gasteiger partial charge in [-0.25, -0.2) is 4.39 Å². The van der Waals surface area contributed by atoms with Crippen LogP contribution in [0, 0.1) is 11.7 Å². The molecule has 0 radical (unpaired) electrons. The first kappa shape index (κ1) is 17.7. The molecule has 1 aliphatic heterocycles. The smallest absolute Gasteiger partial charge is 0.227 e. The molecule has 1 aliphatic rings. The van der Waals surface area contributed by atoms with Crippen LogP contribution in [0.15, 0.2) is 42.5 Å². The number of anilines is 1. The van der Waals surface area contributed by atoms with Crippen molar-refractivity contribution in [2.75, 3.05) is 11.4 Å². The first-order chi connectivity index (χ1) is 12.0. The molecule has 4 nitrogen and oxygen atoms in total. The van der Waals surface area contributed by atoms with Crippen LogP contribution in [0.4, 0.5) is 10.1 Å². The summed E-state index contributed by atoms with van der Waals surface area (Å²) in [5.74, 6) is -1.20. The van der Waals surface area contributed by atoms with E-state index in [9.17, 15) is 14.0 Å². The van der Waals surface area contributed by atoms with Crippen molar-refractivity contribution in [1.82, 2.24) is 5.32 Å². The second-order valence-electron chi connectivity index (χ2n) is 5.82. The number of amides is 2. The van der Waals surface area contributed by atoms with Crippen molar-refractivity contribution in [1.29, 1.82) is 0 Å². The summed E-state index contributed by atoms with van der Waals surface area (Å²) in [6, 6.07) is 10.9. The van der Waals surface area contributed by atoms with Gasteiger partial charge in [-0.2, -0.15) is 0 Å². The molecule has 2 aromatic carbocycles. The molecule has 1 N–H and O–H groups in total. The maximum atomic E-state index is 12.9. The van der Waals surface area contributed by atoms with Crippen LogP contribution in [-0.2, 0) is 16.1 Å². The predicted octanol–water partition coefficient (Wildman–Crippen LogP) is 3.80. The highest BCUT2D eigenvalue weighted by Crippen LogP contribution is 2.35. The summed E-state index contributed by atoms with van der Waals surface area (Å²) in [6.45, 7) is 0.524. The molecule has 130 valence electrons. The zero-order valence-corrected chi connectivity index (χ0v) is 14.6. The molecule has 2 amide bonds. The molecule has 2 aromatic rings. The highest BCUT2D eigenvalue weighted by molar-refractivity contribution is 6.44. The fourth-order valence-electron chi connectivity index (χ4n) is 2.75. The van der Waals surface area contributed by atoms with Crippen LogP contribution in [0.2, 0.25) is 10.0 Å². The SMILES string of the molecule is O=C(NCc1ccc(F)cc1)[C@@H]1CC(=O)N(c2cccc(Cl)c2Cl)C1. The lowest BCUT2D eigenvalue weighted by atomic mass is 10.1. The zero-order valence-electron chi connectivity index (χ0n) is 13.1. The number of carbonyl (C=O) groups excluding carboxylic acids is 2. The van der Waals surface area contributed by atoms with Crippen molar-refractivity contribution in [3.8, 4) is 0 Å². The topological polar surface area (TPSA) is 49.4 Å². The van der Waals surface area contributed by atoms with Gasteiger partial charge in [0.15, 0.2) is 0 Å². The van der Waals surface area contributed by atoms with Crippen molar-refractivity contribution >= 4 is 40.7 Å². The van der Waals surface area contributed by atoms with Crippen molar-refractivity contribution in [2.24, 2.45) is 5.92 Å². The van der Waals surface area contributed by atoms with E-state index in [1.807, 2.05) is 0 Å². The lowest BCUT2D eigenvalue weighted by molar-refractivity contribution is -0.126. The van der Waals surface area contributed by atoms with Crippen LogP contribution in [0.5, 0.6) is 0 Å². The van der Waals surface area contributed by atoms with Crippen molar-refractivity contribution < 1.29 is 14.0 Å². The molecule has 1 saturated heterocycles. The van der Waals surface area contributed by atoms with Gasteiger partial charge >= 0.3 is 0 Å². The molecule has 0 bridgehead atoms. The Morgan fingerprint density at radius 3 is 2.64 bits per heavy atom. The zero-order chi connectivity index (χ0) is 18.0. The van der Waals surface area contributed by atoms with Gasteiger partial charge in [0, 0.05) is 19.5 Å². The molecule has 1 heterocycles. The van der Waals surface area contributed by atoms with Gasteiger partial charge in [-0.3, -0.25) is 9.59 Å². The van der Waals surface area contributed by atoms with Crippen LogP contribution in [0.1, 0.15) is 12.0 Å². The molecule has 0 aromatic heterocycles. The van der Waals surface area contributed by atoms with E-state index in [4.69, 9.17) is 23.2 Å². The van der Waals surface area contributed by atoms with Gasteiger partial charge < -0.3 is 10.2 Å². The largest absolute Gasteiger partial charge is 0.352 e. The molecule has 0 spiro atoms. The second-order valence-corrected chi connectivity index (χ2v) is 6.61. The van der Waals surface area contributed by atoms with E-state index in [1.165, 1.54) is 17.0 Å². The van der Waals surface area contributed by atoms with E-state index in [0.717, 1.165) is 5.56 Å². The van der Waals surface area contributed by atoms with Gasteiger partial charge in [-0.05, 0) is 29.8 Å². The highest BCUT2D eigenvalue weighted by Gasteiger charge is 2.36. The molecule has 0 aliphatic carbocycles. The van der Waals surface area contributed by atoms with Gasteiger partial charge in [0.1, 0.15) is 5.82 Å². The van der Waals surface area contributed by atoms with Crippen molar-refractivity contribution in [2.45, 2.75) is 13.0 Å². The fraction of sp³-hybridized carbons (Fsp3) is 0.222. The Morgan fingerprint density at radius 2 is 1.92 bits per heavy atom. The van der Waals surface area contributed by atoms with E-state index in [2.05, 4.69) is 5.32 Å². The van der Waals surface area contributed by atoms with Gasteiger partial charge in [0.2, 0.25) is 11.8 Å². The second kappa shape index (κ2) is 7.42. The summed E-state index contributed by atoms with van der Waals surface area (Å²) in [6.07, 6.45) is 0.109. The Hall–Kier alpha value is -2.11. The number of nitrogens with one attached hydrogen (secondary N) is 1. The Labute approximate surface area is 154 Å². The Morgan fingerprint density at radius 1 is 1.20 bits per heavy atom. The van der Waals surface area contributed by atoms with Gasteiger partial charge in [0.05, 0.1) is 21.7 Å². The highest BCUT2D eigenvalue weighted by atomic mass is 35.5. The summed E-state index contributed by atoms with van der Waals surface area (Å²) in [4.78, 5) is 26.1. The maximum absolute atomic E-state index is 12.9. The molecule has 0 saturated carbocycles. The van der Waals surface area contributed by atoms with Gasteiger partial charge in [0.25, 0.3) is 0 Å². The van der Waals surface area contributed by atoms with Crippen LogP contribution >= 0.6 is 23.2 Å². The van der Waals surface area contributed by atoms with Crippen LogP contribution in [0.3, 0.4) is 0 Å². The third-order valence-corrected chi connectivity index (χ3v) is 4.91. The predicted molar refractivity (Wildman–Crippen MR) is 95.2 cm³/mol. The maximum Gasteiger partial charge on any atom is 0.227 e. The van der Waals surface area contributed by atoms with E-state index < -0.39 is 5.92 Å². The summed E-state index contributed by atoms with van der Waals surface area (Å²) in [7, 11) is 0. The molecule has 0 unspecified atom stereocenters. The monoisotopic (exact) mass is 380 g/mol. The quantitative estimate of drug-likeness (QED) is 0.876. The average Bonchev–Trinajstić information content (AvgIpc) is 2.98. The average molecular weight is 381 g/mol. The van der Waals surface area contributed by atoms with Gasteiger partial charge in [-0.1, -0.05) is 41.4 Å². The van der Waals surface area contributed by atoms with Crippen LogP contribution < -0.4 is 10.2 Å². The van der Waals surface area contributed by atoms with Crippen LogP contribution in [-0.4, -0.2) is 18.4 Å². The van der Waals surface area contributed by atoms with E-state index in [-0.39, 0.29) is 37.1 Å². The lowest BCUT2D eigenvalue weighted by Gasteiger charge is -2.18. The number of nitrogens with zero attached hydrogens (tertiary/aromatic N) is 1. The number of benzene rings is 2. The molecule has 25 heavy (non-hydrogen) atoms. The van der Waals surface area contributed by atoms with E-state index in [1.54, 1.807) is 30.3 Å². The first-order valence-electron chi connectivity index (χ1n) is 7.72. The minimum absolute atomic E-state index is 0.109. The van der Waals surface area contributed by atoms with Crippen LogP contribution in [0.25, 0.3) is 0 Å². The molecular formula is C18H15Cl2FN2O2. The summed E-state index contributed by atoms with van der Waals surface area (Å²) in [5, 5.41) is 3.43. The molecule has 3 rings (SSSR count). The number of halogens is 3. The number of hydrogen-bond donors (Lipinski definition) is 1. The normalized spacial score (nSPS) is 17.0. The summed E-state index contributed by atoms with van der Waals surface area (Å²) in [5.41, 5.74) is 1.29. The standard InChI is InChI=1S/C18H15Cl2FN2O2/c19-14-2-1-3-15(17(14)20)23-10-12(8-16(23)24)18(25)22-9-11-4-6-13(21)7-5-11/h1-7,12H,8-10H2,(H,22,25)/t12-/m1/s1.